The third-order valence-electron chi connectivity index (χ3n) is 6.40. The standard InChI is InChI=1S/C22H27F2N9O2/c1-2-17(34)30-5-3-15(4-6-30)11-25-19-18-20(29-22(28-19)31-7-9-35-10-8-31)32(14-26-18)16-12-27-33(13-16)21(23)24/h2,12-15,21H,1,3-11H2,(H,25,28,29). The highest BCUT2D eigenvalue weighted by molar-refractivity contribution is 5.87. The fourth-order valence-electron chi connectivity index (χ4n) is 4.39. The van der Waals surface area contributed by atoms with E-state index < -0.39 is 6.55 Å². The number of nitrogens with one attached hydrogen (secondary N) is 1. The number of ether oxygens (including phenoxy) is 1. The monoisotopic (exact) mass is 487 g/mol. The van der Waals surface area contributed by atoms with Gasteiger partial charge in [-0.3, -0.25) is 9.36 Å². The fourth-order valence-corrected chi connectivity index (χ4v) is 4.39. The van der Waals surface area contributed by atoms with E-state index in [1.807, 2.05) is 9.80 Å². The Morgan fingerprint density at radius 1 is 1.23 bits per heavy atom. The predicted octanol–water partition coefficient (Wildman–Crippen LogP) is 2.08. The van der Waals surface area contributed by atoms with E-state index in [1.54, 1.807) is 10.9 Å². The first kappa shape index (κ1) is 23.1. The molecule has 5 heterocycles. The van der Waals surface area contributed by atoms with Gasteiger partial charge in [-0.2, -0.15) is 23.8 Å². The zero-order valence-corrected chi connectivity index (χ0v) is 19.2. The number of anilines is 2. The van der Waals surface area contributed by atoms with Crippen LogP contribution in [0.1, 0.15) is 19.4 Å². The van der Waals surface area contributed by atoms with Crippen LogP contribution in [0.4, 0.5) is 20.5 Å². The van der Waals surface area contributed by atoms with E-state index in [0.29, 0.717) is 85.2 Å². The first-order valence-corrected chi connectivity index (χ1v) is 11.6. The normalized spacial score (nSPS) is 17.3. The van der Waals surface area contributed by atoms with E-state index in [1.165, 1.54) is 18.5 Å². The quantitative estimate of drug-likeness (QED) is 0.505. The topological polar surface area (TPSA) is 106 Å². The summed E-state index contributed by atoms with van der Waals surface area (Å²) in [6.45, 7) is 5.33. The second-order valence-electron chi connectivity index (χ2n) is 8.57. The molecule has 11 nitrogen and oxygen atoms in total. The summed E-state index contributed by atoms with van der Waals surface area (Å²) < 4.78 is 33.8. The number of amides is 1. The van der Waals surface area contributed by atoms with Gasteiger partial charge in [0.1, 0.15) is 6.33 Å². The maximum atomic E-state index is 13.1. The smallest absolute Gasteiger partial charge is 0.333 e. The Bertz CT molecular complexity index is 1200. The molecule has 0 radical (unpaired) electrons. The number of alkyl halides is 2. The predicted molar refractivity (Wildman–Crippen MR) is 125 cm³/mol. The Labute approximate surface area is 200 Å². The number of likely N-dealkylation sites (tertiary alicyclic amines) is 1. The molecule has 35 heavy (non-hydrogen) atoms. The molecule has 0 unspecified atom stereocenters. The molecule has 1 N–H and O–H groups in total. The minimum Gasteiger partial charge on any atom is -0.378 e. The SMILES string of the molecule is C=CC(=O)N1CCC(CNc2nc(N3CCOCC3)nc3c2ncn3-c2cnn(C(F)F)c2)CC1. The van der Waals surface area contributed by atoms with Crippen molar-refractivity contribution in [3.8, 4) is 5.69 Å². The number of nitrogens with zero attached hydrogens (tertiary/aromatic N) is 8. The lowest BCUT2D eigenvalue weighted by molar-refractivity contribution is -0.127. The highest BCUT2D eigenvalue weighted by Crippen LogP contribution is 2.27. The molecular formula is C22H27F2N9O2. The van der Waals surface area contributed by atoms with Crippen LogP contribution in [-0.4, -0.2) is 86.0 Å². The van der Waals surface area contributed by atoms with Gasteiger partial charge in [0.15, 0.2) is 17.0 Å². The summed E-state index contributed by atoms with van der Waals surface area (Å²) in [5.41, 5.74) is 1.49. The lowest BCUT2D eigenvalue weighted by Gasteiger charge is -2.31. The Kier molecular flexibility index (Phi) is 6.57. The van der Waals surface area contributed by atoms with Crippen LogP contribution >= 0.6 is 0 Å². The molecule has 1 amide bonds. The van der Waals surface area contributed by atoms with Crippen LogP contribution in [0.3, 0.4) is 0 Å². The molecule has 3 aromatic rings. The Morgan fingerprint density at radius 2 is 2.00 bits per heavy atom. The van der Waals surface area contributed by atoms with Gasteiger partial charge in [0.25, 0.3) is 0 Å². The molecule has 0 spiro atoms. The van der Waals surface area contributed by atoms with E-state index in [0.717, 1.165) is 12.8 Å². The van der Waals surface area contributed by atoms with Crippen molar-refractivity contribution in [2.75, 3.05) is 56.2 Å². The van der Waals surface area contributed by atoms with Gasteiger partial charge in [-0.1, -0.05) is 6.58 Å². The molecule has 0 aromatic carbocycles. The molecule has 5 rings (SSSR count). The van der Waals surface area contributed by atoms with Crippen molar-refractivity contribution in [1.82, 2.24) is 34.2 Å². The van der Waals surface area contributed by atoms with Crippen LogP contribution in [0, 0.1) is 5.92 Å². The van der Waals surface area contributed by atoms with E-state index in [4.69, 9.17) is 14.7 Å². The summed E-state index contributed by atoms with van der Waals surface area (Å²) in [5, 5.41) is 7.17. The van der Waals surface area contributed by atoms with E-state index in [2.05, 4.69) is 22.0 Å². The Hall–Kier alpha value is -3.61. The highest BCUT2D eigenvalue weighted by atomic mass is 19.3. The largest absolute Gasteiger partial charge is 0.378 e. The second-order valence-corrected chi connectivity index (χ2v) is 8.57. The zero-order chi connectivity index (χ0) is 24.4. The van der Waals surface area contributed by atoms with Gasteiger partial charge < -0.3 is 19.9 Å². The van der Waals surface area contributed by atoms with Gasteiger partial charge in [0, 0.05) is 32.7 Å². The van der Waals surface area contributed by atoms with E-state index >= 15 is 0 Å². The van der Waals surface area contributed by atoms with Crippen molar-refractivity contribution >= 4 is 28.8 Å². The molecule has 2 saturated heterocycles. The number of imidazole rings is 1. The van der Waals surface area contributed by atoms with Crippen molar-refractivity contribution in [2.24, 2.45) is 5.92 Å². The lowest BCUT2D eigenvalue weighted by atomic mass is 9.96. The molecule has 2 aliphatic heterocycles. The Balaban J connectivity index is 1.41. The van der Waals surface area contributed by atoms with Gasteiger partial charge in [0.2, 0.25) is 11.9 Å². The number of carbonyl (C=O) groups is 1. The number of rotatable bonds is 7. The van der Waals surface area contributed by atoms with Gasteiger partial charge in [-0.15, -0.1) is 0 Å². The van der Waals surface area contributed by atoms with Crippen molar-refractivity contribution in [3.05, 3.63) is 31.4 Å². The van der Waals surface area contributed by atoms with Crippen molar-refractivity contribution in [3.63, 3.8) is 0 Å². The minimum absolute atomic E-state index is 0.0372. The van der Waals surface area contributed by atoms with E-state index in [9.17, 15) is 13.6 Å². The average Bonchev–Trinajstić information content (AvgIpc) is 3.55. The van der Waals surface area contributed by atoms with E-state index in [-0.39, 0.29) is 5.91 Å². The molecular weight excluding hydrogens is 460 g/mol. The van der Waals surface area contributed by atoms with Crippen LogP contribution in [0.15, 0.2) is 31.4 Å². The first-order chi connectivity index (χ1) is 17.0. The molecule has 2 fully saturated rings. The summed E-state index contributed by atoms with van der Waals surface area (Å²) in [5.74, 6) is 1.44. The first-order valence-electron chi connectivity index (χ1n) is 11.6. The van der Waals surface area contributed by atoms with Gasteiger partial charge in [0.05, 0.1) is 31.3 Å². The molecule has 3 aromatic heterocycles. The van der Waals surface area contributed by atoms with Crippen molar-refractivity contribution < 1.29 is 18.3 Å². The Morgan fingerprint density at radius 3 is 2.69 bits per heavy atom. The summed E-state index contributed by atoms with van der Waals surface area (Å²) in [7, 11) is 0. The summed E-state index contributed by atoms with van der Waals surface area (Å²) in [6, 6.07) is 0. The van der Waals surface area contributed by atoms with Gasteiger partial charge in [-0.05, 0) is 24.8 Å². The average molecular weight is 488 g/mol. The molecule has 0 bridgehead atoms. The van der Waals surface area contributed by atoms with Crippen LogP contribution in [-0.2, 0) is 9.53 Å². The molecule has 186 valence electrons. The van der Waals surface area contributed by atoms with Crippen LogP contribution < -0.4 is 10.2 Å². The van der Waals surface area contributed by atoms with Crippen LogP contribution in [0.5, 0.6) is 0 Å². The fraction of sp³-hybridized carbons (Fsp3) is 0.500. The molecule has 0 atom stereocenters. The highest BCUT2D eigenvalue weighted by Gasteiger charge is 2.24. The number of hydrogen-bond donors (Lipinski definition) is 1. The molecule has 13 heteroatoms. The maximum absolute atomic E-state index is 13.1. The van der Waals surface area contributed by atoms with Crippen molar-refractivity contribution in [2.45, 2.75) is 19.4 Å². The number of fused-ring (bicyclic) bond motifs is 1. The molecule has 2 aliphatic rings. The third kappa shape index (κ3) is 4.81. The third-order valence-corrected chi connectivity index (χ3v) is 6.40. The molecule has 0 saturated carbocycles. The van der Waals surface area contributed by atoms with Crippen molar-refractivity contribution in [1.29, 1.82) is 0 Å². The summed E-state index contributed by atoms with van der Waals surface area (Å²) >= 11 is 0. The molecule has 0 aliphatic carbocycles. The number of piperidine rings is 1. The van der Waals surface area contributed by atoms with Gasteiger partial charge in [-0.25, -0.2) is 9.67 Å². The summed E-state index contributed by atoms with van der Waals surface area (Å²) in [6.07, 6.45) is 7.25. The number of morpholine rings is 1. The lowest BCUT2D eigenvalue weighted by Crippen LogP contribution is -2.39. The zero-order valence-electron chi connectivity index (χ0n) is 19.2. The number of carbonyl (C=O) groups excluding carboxylic acids is 1. The van der Waals surface area contributed by atoms with Gasteiger partial charge >= 0.3 is 6.55 Å². The number of halogens is 2. The van der Waals surface area contributed by atoms with Crippen LogP contribution in [0.25, 0.3) is 16.9 Å². The van der Waals surface area contributed by atoms with Crippen LogP contribution in [0.2, 0.25) is 0 Å². The minimum atomic E-state index is -2.73. The number of aromatic nitrogens is 6. The summed E-state index contributed by atoms with van der Waals surface area (Å²) in [4.78, 5) is 29.7. The second kappa shape index (κ2) is 9.94. The number of hydrogen-bond acceptors (Lipinski definition) is 8. The maximum Gasteiger partial charge on any atom is 0.333 e.